The number of phenolic OH excluding ortho intramolecular Hbond substituents is 2. The van der Waals surface area contributed by atoms with Crippen LogP contribution in [0.2, 0.25) is 0 Å². The van der Waals surface area contributed by atoms with Gasteiger partial charge in [-0.15, -0.1) is 0 Å². The Kier molecular flexibility index (Phi) is 3.09. The van der Waals surface area contributed by atoms with Crippen LogP contribution in [0.4, 0.5) is 5.69 Å². The Morgan fingerprint density at radius 2 is 1.87 bits per heavy atom. The van der Waals surface area contributed by atoms with Crippen molar-refractivity contribution in [2.45, 2.75) is 19.1 Å². The fourth-order valence-corrected chi connectivity index (χ4v) is 1.59. The molecule has 0 amide bonds. The van der Waals surface area contributed by atoms with E-state index in [0.717, 1.165) is 6.07 Å². The first-order valence-corrected chi connectivity index (χ1v) is 5.91. The lowest BCUT2D eigenvalue weighted by Gasteiger charge is -2.11. The number of aromatic hydroxyl groups is 2. The number of benzene rings is 1. The van der Waals surface area contributed by atoms with Gasteiger partial charge in [0.15, 0.2) is 0 Å². The Bertz CT molecular complexity index is 453. The van der Waals surface area contributed by atoms with Crippen molar-refractivity contribution >= 4 is 15.7 Å². The third kappa shape index (κ3) is 2.76. The molecular weight excluding hydrogens is 218 g/mol. The van der Waals surface area contributed by atoms with Crippen molar-refractivity contribution in [1.29, 1.82) is 0 Å². The van der Waals surface area contributed by atoms with Gasteiger partial charge in [0.05, 0.1) is 10.9 Å². The van der Waals surface area contributed by atoms with Crippen LogP contribution in [0.25, 0.3) is 0 Å². The van der Waals surface area contributed by atoms with Gasteiger partial charge in [-0.25, -0.2) is 8.42 Å². The van der Waals surface area contributed by atoms with Crippen LogP contribution in [-0.4, -0.2) is 23.9 Å². The molecule has 84 valence electrons. The van der Waals surface area contributed by atoms with E-state index in [1.807, 2.05) is 0 Å². The van der Waals surface area contributed by atoms with Crippen molar-refractivity contribution in [3.05, 3.63) is 18.2 Å². The quantitative estimate of drug-likeness (QED) is 0.539. The number of nitrogens with one attached hydrogen (secondary N) is 1. The Hall–Kier alpha value is -1.43. The van der Waals surface area contributed by atoms with Crippen LogP contribution < -0.4 is 4.72 Å². The second-order valence-corrected chi connectivity index (χ2v) is 5.63. The van der Waals surface area contributed by atoms with Crippen molar-refractivity contribution in [2.24, 2.45) is 0 Å². The highest BCUT2D eigenvalue weighted by Gasteiger charge is 2.17. The standard InChI is InChI=1S/C9H13NO4S/c1-6(2)15(13,14)10-8-4-3-7(11)5-9(8)12/h3-6,10-12H,1-2H3. The summed E-state index contributed by atoms with van der Waals surface area (Å²) in [4.78, 5) is 0. The maximum Gasteiger partial charge on any atom is 0.235 e. The minimum atomic E-state index is -3.48. The molecule has 0 saturated carbocycles. The lowest BCUT2D eigenvalue weighted by molar-refractivity contribution is 0.452. The van der Waals surface area contributed by atoms with E-state index in [9.17, 15) is 13.5 Å². The zero-order valence-corrected chi connectivity index (χ0v) is 9.25. The highest BCUT2D eigenvalue weighted by Crippen LogP contribution is 2.28. The van der Waals surface area contributed by atoms with Gasteiger partial charge < -0.3 is 10.2 Å². The van der Waals surface area contributed by atoms with Gasteiger partial charge >= 0.3 is 0 Å². The molecule has 3 N–H and O–H groups in total. The average molecular weight is 231 g/mol. The van der Waals surface area contributed by atoms with Crippen molar-refractivity contribution < 1.29 is 18.6 Å². The third-order valence-corrected chi connectivity index (χ3v) is 3.60. The van der Waals surface area contributed by atoms with E-state index in [-0.39, 0.29) is 17.2 Å². The van der Waals surface area contributed by atoms with Gasteiger partial charge in [-0.3, -0.25) is 4.72 Å². The molecule has 0 saturated heterocycles. The largest absolute Gasteiger partial charge is 0.508 e. The molecule has 6 heteroatoms. The molecule has 0 aliphatic carbocycles. The summed E-state index contributed by atoms with van der Waals surface area (Å²) in [6, 6.07) is 3.65. The Labute approximate surface area is 88.4 Å². The number of rotatable bonds is 3. The van der Waals surface area contributed by atoms with E-state index >= 15 is 0 Å². The van der Waals surface area contributed by atoms with Crippen LogP contribution in [0.5, 0.6) is 11.5 Å². The van der Waals surface area contributed by atoms with Crippen LogP contribution >= 0.6 is 0 Å². The van der Waals surface area contributed by atoms with E-state index < -0.39 is 15.3 Å². The monoisotopic (exact) mass is 231 g/mol. The SMILES string of the molecule is CC(C)S(=O)(=O)Nc1ccc(O)cc1O. The summed E-state index contributed by atoms with van der Waals surface area (Å²) in [5.41, 5.74) is 0.0569. The summed E-state index contributed by atoms with van der Waals surface area (Å²) >= 11 is 0. The first-order valence-electron chi connectivity index (χ1n) is 4.36. The zero-order valence-electron chi connectivity index (χ0n) is 8.43. The smallest absolute Gasteiger partial charge is 0.235 e. The lowest BCUT2D eigenvalue weighted by atomic mass is 10.3. The van der Waals surface area contributed by atoms with Crippen LogP contribution in [-0.2, 0) is 10.0 Å². The Morgan fingerprint density at radius 1 is 1.27 bits per heavy atom. The van der Waals surface area contributed by atoms with Gasteiger partial charge in [-0.2, -0.15) is 0 Å². The van der Waals surface area contributed by atoms with Crippen molar-refractivity contribution in [3.63, 3.8) is 0 Å². The molecule has 0 spiro atoms. The van der Waals surface area contributed by atoms with E-state index in [1.54, 1.807) is 0 Å². The van der Waals surface area contributed by atoms with Crippen molar-refractivity contribution in [3.8, 4) is 11.5 Å². The molecule has 0 atom stereocenters. The minimum absolute atomic E-state index is 0.0569. The maximum absolute atomic E-state index is 11.5. The summed E-state index contributed by atoms with van der Waals surface area (Å²) in [6.45, 7) is 3.06. The summed E-state index contributed by atoms with van der Waals surface area (Å²) in [5.74, 6) is -0.431. The van der Waals surface area contributed by atoms with Gasteiger partial charge in [-0.1, -0.05) is 0 Å². The molecule has 0 heterocycles. The second-order valence-electron chi connectivity index (χ2n) is 3.40. The second kappa shape index (κ2) is 3.98. The van der Waals surface area contributed by atoms with Gasteiger partial charge in [0.25, 0.3) is 0 Å². The predicted octanol–water partition coefficient (Wildman–Crippen LogP) is 1.25. The van der Waals surface area contributed by atoms with Gasteiger partial charge in [-0.05, 0) is 26.0 Å². The first kappa shape index (κ1) is 11.6. The summed E-state index contributed by atoms with van der Waals surface area (Å²) < 4.78 is 25.1. The normalized spacial score (nSPS) is 11.7. The van der Waals surface area contributed by atoms with Gasteiger partial charge in [0, 0.05) is 6.07 Å². The molecule has 0 fully saturated rings. The molecule has 0 radical (unpaired) electrons. The molecule has 0 bridgehead atoms. The molecule has 0 aromatic heterocycles. The molecule has 1 aromatic rings. The lowest BCUT2D eigenvalue weighted by Crippen LogP contribution is -2.22. The molecule has 0 aliphatic rings. The van der Waals surface area contributed by atoms with Crippen LogP contribution in [0.3, 0.4) is 0 Å². The van der Waals surface area contributed by atoms with Crippen molar-refractivity contribution in [2.75, 3.05) is 4.72 Å². The Morgan fingerprint density at radius 3 is 2.33 bits per heavy atom. The van der Waals surface area contributed by atoms with Gasteiger partial charge in [0.1, 0.15) is 11.5 Å². The molecular formula is C9H13NO4S. The fraction of sp³-hybridized carbons (Fsp3) is 0.333. The maximum atomic E-state index is 11.5. The summed E-state index contributed by atoms with van der Waals surface area (Å²) in [7, 11) is -3.48. The number of anilines is 1. The highest BCUT2D eigenvalue weighted by atomic mass is 32.2. The minimum Gasteiger partial charge on any atom is -0.508 e. The summed E-state index contributed by atoms with van der Waals surface area (Å²) in [5, 5.41) is 17.8. The Balaban J connectivity index is 3.01. The van der Waals surface area contributed by atoms with Crippen LogP contribution in [0.15, 0.2) is 18.2 Å². The average Bonchev–Trinajstić information content (AvgIpc) is 2.09. The predicted molar refractivity (Wildman–Crippen MR) is 57.5 cm³/mol. The number of hydrogen-bond donors (Lipinski definition) is 3. The summed E-state index contributed by atoms with van der Waals surface area (Å²) in [6.07, 6.45) is 0. The highest BCUT2D eigenvalue weighted by molar-refractivity contribution is 7.93. The molecule has 0 aliphatic heterocycles. The molecule has 0 unspecified atom stereocenters. The fourth-order valence-electron chi connectivity index (χ4n) is 0.877. The van der Waals surface area contributed by atoms with Crippen LogP contribution in [0.1, 0.15) is 13.8 Å². The van der Waals surface area contributed by atoms with E-state index in [0.29, 0.717) is 0 Å². The topological polar surface area (TPSA) is 86.6 Å². The van der Waals surface area contributed by atoms with E-state index in [2.05, 4.69) is 4.72 Å². The first-order chi connectivity index (χ1) is 6.83. The number of hydrogen-bond acceptors (Lipinski definition) is 4. The van der Waals surface area contributed by atoms with Crippen LogP contribution in [0, 0.1) is 0 Å². The van der Waals surface area contributed by atoms with E-state index in [4.69, 9.17) is 5.11 Å². The number of sulfonamides is 1. The van der Waals surface area contributed by atoms with E-state index in [1.165, 1.54) is 26.0 Å². The van der Waals surface area contributed by atoms with Gasteiger partial charge in [0.2, 0.25) is 10.0 Å². The zero-order chi connectivity index (χ0) is 11.6. The third-order valence-electron chi connectivity index (χ3n) is 1.85. The van der Waals surface area contributed by atoms with Crippen molar-refractivity contribution in [1.82, 2.24) is 0 Å². The molecule has 5 nitrogen and oxygen atoms in total. The molecule has 1 rings (SSSR count). The molecule has 1 aromatic carbocycles. The molecule has 15 heavy (non-hydrogen) atoms. The number of phenols is 2.